The number of rotatable bonds is 4. The van der Waals surface area contributed by atoms with Crippen molar-refractivity contribution in [3.8, 4) is 0 Å². The van der Waals surface area contributed by atoms with E-state index in [1.54, 1.807) is 0 Å². The van der Waals surface area contributed by atoms with Crippen LogP contribution in [0.3, 0.4) is 0 Å². The Morgan fingerprint density at radius 2 is 2.21 bits per heavy atom. The second-order valence-corrected chi connectivity index (χ2v) is 5.39. The van der Waals surface area contributed by atoms with Gasteiger partial charge in [-0.05, 0) is 36.9 Å². The molecule has 0 saturated heterocycles. The molecule has 1 heterocycles. The number of hydrogen-bond acceptors (Lipinski definition) is 2. The lowest BCUT2D eigenvalue weighted by Gasteiger charge is -2.25. The summed E-state index contributed by atoms with van der Waals surface area (Å²) in [7, 11) is 0. The highest BCUT2D eigenvalue weighted by Crippen LogP contribution is 2.32. The van der Waals surface area contributed by atoms with Crippen LogP contribution in [0, 0.1) is 0 Å². The van der Waals surface area contributed by atoms with Crippen LogP contribution in [0.2, 0.25) is 0 Å². The Hall–Kier alpha value is -1.61. The van der Waals surface area contributed by atoms with Gasteiger partial charge >= 0.3 is 0 Å². The number of nitrogens with zero attached hydrogens (tertiary/aromatic N) is 2. The van der Waals surface area contributed by atoms with Gasteiger partial charge in [0, 0.05) is 25.1 Å². The molecule has 0 amide bonds. The van der Waals surface area contributed by atoms with Gasteiger partial charge in [-0.2, -0.15) is 0 Å². The van der Waals surface area contributed by atoms with Crippen molar-refractivity contribution >= 4 is 0 Å². The highest BCUT2D eigenvalue weighted by atomic mass is 15.0. The Balaban J connectivity index is 1.76. The molecule has 1 unspecified atom stereocenters. The SMILES string of the molecule is NCCc1cn(CC2CCCc3ccccc32)cn1. The van der Waals surface area contributed by atoms with Crippen LogP contribution in [0.1, 0.15) is 35.6 Å². The fourth-order valence-electron chi connectivity index (χ4n) is 3.08. The molecule has 3 nitrogen and oxygen atoms in total. The molecule has 1 aliphatic rings. The first-order valence-corrected chi connectivity index (χ1v) is 7.15. The van der Waals surface area contributed by atoms with Crippen LogP contribution >= 0.6 is 0 Å². The standard InChI is InChI=1S/C16H21N3/c17-9-8-15-11-19(12-18-15)10-14-6-3-5-13-4-1-2-7-16(13)14/h1-2,4,7,11-12,14H,3,5-6,8-10,17H2. The number of imidazole rings is 1. The predicted octanol–water partition coefficient (Wildman–Crippen LogP) is 2.50. The molecule has 1 aliphatic carbocycles. The van der Waals surface area contributed by atoms with Gasteiger partial charge < -0.3 is 10.3 Å². The average Bonchev–Trinajstić information content (AvgIpc) is 2.87. The molecule has 0 saturated carbocycles. The third-order valence-corrected chi connectivity index (χ3v) is 4.01. The monoisotopic (exact) mass is 255 g/mol. The zero-order chi connectivity index (χ0) is 13.1. The van der Waals surface area contributed by atoms with Gasteiger partial charge in [0.25, 0.3) is 0 Å². The first-order chi connectivity index (χ1) is 9.36. The van der Waals surface area contributed by atoms with Crippen molar-refractivity contribution in [3.63, 3.8) is 0 Å². The van der Waals surface area contributed by atoms with E-state index in [4.69, 9.17) is 5.73 Å². The maximum atomic E-state index is 5.57. The number of fused-ring (bicyclic) bond motifs is 1. The summed E-state index contributed by atoms with van der Waals surface area (Å²) in [6.45, 7) is 1.71. The van der Waals surface area contributed by atoms with E-state index < -0.39 is 0 Å². The maximum Gasteiger partial charge on any atom is 0.0949 e. The molecule has 0 aliphatic heterocycles. The normalized spacial score (nSPS) is 18.3. The molecular weight excluding hydrogens is 234 g/mol. The number of aromatic nitrogens is 2. The molecule has 1 atom stereocenters. The van der Waals surface area contributed by atoms with Crippen molar-refractivity contribution < 1.29 is 0 Å². The molecule has 3 rings (SSSR count). The summed E-state index contributed by atoms with van der Waals surface area (Å²) in [4.78, 5) is 4.41. The van der Waals surface area contributed by atoms with Crippen molar-refractivity contribution in [2.45, 2.75) is 38.1 Å². The van der Waals surface area contributed by atoms with E-state index >= 15 is 0 Å². The molecule has 2 N–H and O–H groups in total. The highest BCUT2D eigenvalue weighted by molar-refractivity contribution is 5.32. The molecular formula is C16H21N3. The topological polar surface area (TPSA) is 43.8 Å². The van der Waals surface area contributed by atoms with Crippen molar-refractivity contribution in [1.29, 1.82) is 0 Å². The maximum absolute atomic E-state index is 5.57. The molecule has 3 heteroatoms. The molecule has 0 spiro atoms. The van der Waals surface area contributed by atoms with Crippen molar-refractivity contribution in [3.05, 3.63) is 53.6 Å². The Labute approximate surface area is 114 Å². The van der Waals surface area contributed by atoms with Gasteiger partial charge in [-0.15, -0.1) is 0 Å². The molecule has 1 aromatic carbocycles. The summed E-state index contributed by atoms with van der Waals surface area (Å²) < 4.78 is 2.22. The van der Waals surface area contributed by atoms with Gasteiger partial charge in [0.05, 0.1) is 12.0 Å². The van der Waals surface area contributed by atoms with Crippen LogP contribution in [0.15, 0.2) is 36.8 Å². The largest absolute Gasteiger partial charge is 0.337 e. The molecule has 0 radical (unpaired) electrons. The van der Waals surface area contributed by atoms with E-state index in [1.165, 1.54) is 30.4 Å². The first-order valence-electron chi connectivity index (χ1n) is 7.15. The quantitative estimate of drug-likeness (QED) is 0.912. The predicted molar refractivity (Wildman–Crippen MR) is 77.1 cm³/mol. The fourth-order valence-corrected chi connectivity index (χ4v) is 3.08. The van der Waals surface area contributed by atoms with Crippen LogP contribution < -0.4 is 5.73 Å². The van der Waals surface area contributed by atoms with Crippen LogP contribution in [-0.2, 0) is 19.4 Å². The summed E-state index contributed by atoms with van der Waals surface area (Å²) in [5.41, 5.74) is 9.73. The molecule has 0 bridgehead atoms. The van der Waals surface area contributed by atoms with Crippen LogP contribution in [0.5, 0.6) is 0 Å². The number of aryl methyl sites for hydroxylation is 1. The van der Waals surface area contributed by atoms with Crippen molar-refractivity contribution in [1.82, 2.24) is 9.55 Å². The molecule has 100 valence electrons. The molecule has 19 heavy (non-hydrogen) atoms. The van der Waals surface area contributed by atoms with Gasteiger partial charge in [-0.3, -0.25) is 0 Å². The lowest BCUT2D eigenvalue weighted by molar-refractivity contribution is 0.483. The van der Waals surface area contributed by atoms with E-state index in [1.807, 2.05) is 6.33 Å². The number of nitrogens with two attached hydrogens (primary N) is 1. The molecule has 1 aromatic heterocycles. The third-order valence-electron chi connectivity index (χ3n) is 4.01. The lowest BCUT2D eigenvalue weighted by atomic mass is 9.83. The van der Waals surface area contributed by atoms with Gasteiger partial charge in [-0.25, -0.2) is 4.98 Å². The van der Waals surface area contributed by atoms with Gasteiger partial charge in [0.1, 0.15) is 0 Å². The summed E-state index contributed by atoms with van der Waals surface area (Å²) in [5, 5.41) is 0. The van der Waals surface area contributed by atoms with Gasteiger partial charge in [0.2, 0.25) is 0 Å². The third kappa shape index (κ3) is 2.71. The summed E-state index contributed by atoms with van der Waals surface area (Å²) in [6, 6.07) is 8.87. The average molecular weight is 255 g/mol. The summed E-state index contributed by atoms with van der Waals surface area (Å²) in [6.07, 6.45) is 8.77. The summed E-state index contributed by atoms with van der Waals surface area (Å²) in [5.74, 6) is 0.630. The van der Waals surface area contributed by atoms with E-state index in [0.717, 1.165) is 18.7 Å². The van der Waals surface area contributed by atoms with Crippen LogP contribution in [0.4, 0.5) is 0 Å². The first kappa shape index (κ1) is 12.4. The Morgan fingerprint density at radius 1 is 1.32 bits per heavy atom. The molecule has 2 aromatic rings. The van der Waals surface area contributed by atoms with Crippen molar-refractivity contribution in [2.24, 2.45) is 5.73 Å². The minimum absolute atomic E-state index is 0.630. The Morgan fingerprint density at radius 3 is 3.11 bits per heavy atom. The lowest BCUT2D eigenvalue weighted by Crippen LogP contribution is -2.14. The second-order valence-electron chi connectivity index (χ2n) is 5.39. The minimum atomic E-state index is 0.630. The Kier molecular flexibility index (Phi) is 3.65. The zero-order valence-corrected chi connectivity index (χ0v) is 11.3. The number of hydrogen-bond donors (Lipinski definition) is 1. The van der Waals surface area contributed by atoms with E-state index in [9.17, 15) is 0 Å². The van der Waals surface area contributed by atoms with Crippen LogP contribution in [0.25, 0.3) is 0 Å². The highest BCUT2D eigenvalue weighted by Gasteiger charge is 2.19. The number of benzene rings is 1. The molecule has 0 fully saturated rings. The summed E-state index contributed by atoms with van der Waals surface area (Å²) >= 11 is 0. The Bertz CT molecular complexity index is 544. The fraction of sp³-hybridized carbons (Fsp3) is 0.438. The van der Waals surface area contributed by atoms with Crippen molar-refractivity contribution in [2.75, 3.05) is 6.54 Å². The minimum Gasteiger partial charge on any atom is -0.337 e. The van der Waals surface area contributed by atoms with Crippen LogP contribution in [-0.4, -0.2) is 16.1 Å². The van der Waals surface area contributed by atoms with Gasteiger partial charge in [0.15, 0.2) is 0 Å². The second kappa shape index (κ2) is 5.57. The van der Waals surface area contributed by atoms with E-state index in [0.29, 0.717) is 12.5 Å². The van der Waals surface area contributed by atoms with E-state index in [2.05, 4.69) is 40.0 Å². The zero-order valence-electron chi connectivity index (χ0n) is 11.3. The smallest absolute Gasteiger partial charge is 0.0949 e. The van der Waals surface area contributed by atoms with Gasteiger partial charge in [-0.1, -0.05) is 24.3 Å². The van der Waals surface area contributed by atoms with E-state index in [-0.39, 0.29) is 0 Å².